The molecule has 5 nitrogen and oxygen atoms in total. The summed E-state index contributed by atoms with van der Waals surface area (Å²) in [6.07, 6.45) is 12.7. The fraction of sp³-hybridized carbons (Fsp3) is 0.357. The molecular formula is C14H15N5. The molecule has 4 rings (SSSR count). The zero-order valence-corrected chi connectivity index (χ0v) is 10.6. The molecule has 3 aromatic heterocycles. The lowest BCUT2D eigenvalue weighted by molar-refractivity contribution is 0.467. The zero-order valence-electron chi connectivity index (χ0n) is 10.6. The van der Waals surface area contributed by atoms with E-state index in [2.05, 4.69) is 32.1 Å². The highest BCUT2D eigenvalue weighted by molar-refractivity contribution is 5.76. The highest BCUT2D eigenvalue weighted by Crippen LogP contribution is 2.31. The summed E-state index contributed by atoms with van der Waals surface area (Å²) in [4.78, 5) is 4.32. The van der Waals surface area contributed by atoms with Crippen LogP contribution in [0.1, 0.15) is 31.7 Å². The van der Waals surface area contributed by atoms with Gasteiger partial charge >= 0.3 is 0 Å². The standard InChI is InChI=1S/C14H15N5/c1-2-5-12(4-1)19-9-11(8-16-19)13-6-3-7-18-14(13)15-10-17-18/h3,6-10,12H,1-2,4-5H2. The van der Waals surface area contributed by atoms with E-state index in [-0.39, 0.29) is 0 Å². The Kier molecular flexibility index (Phi) is 2.36. The van der Waals surface area contributed by atoms with Crippen LogP contribution in [0, 0.1) is 0 Å². The molecule has 5 heteroatoms. The molecule has 0 spiro atoms. The van der Waals surface area contributed by atoms with E-state index in [0.717, 1.165) is 16.8 Å². The molecule has 3 aromatic rings. The van der Waals surface area contributed by atoms with E-state index >= 15 is 0 Å². The van der Waals surface area contributed by atoms with Gasteiger partial charge in [0, 0.05) is 23.5 Å². The van der Waals surface area contributed by atoms with Crippen molar-refractivity contribution in [3.63, 3.8) is 0 Å². The highest BCUT2D eigenvalue weighted by Gasteiger charge is 2.18. The van der Waals surface area contributed by atoms with Crippen LogP contribution in [0.4, 0.5) is 0 Å². The van der Waals surface area contributed by atoms with Crippen molar-refractivity contribution in [2.75, 3.05) is 0 Å². The molecule has 0 saturated heterocycles. The number of hydrogen-bond acceptors (Lipinski definition) is 3. The van der Waals surface area contributed by atoms with Crippen molar-refractivity contribution >= 4 is 5.65 Å². The van der Waals surface area contributed by atoms with Crippen LogP contribution < -0.4 is 0 Å². The van der Waals surface area contributed by atoms with Crippen LogP contribution in [0.25, 0.3) is 16.8 Å². The van der Waals surface area contributed by atoms with Crippen molar-refractivity contribution in [3.8, 4) is 11.1 Å². The lowest BCUT2D eigenvalue weighted by atomic mass is 10.1. The summed E-state index contributed by atoms with van der Waals surface area (Å²) in [5, 5.41) is 8.69. The van der Waals surface area contributed by atoms with Gasteiger partial charge in [-0.2, -0.15) is 10.2 Å². The van der Waals surface area contributed by atoms with Gasteiger partial charge in [-0.3, -0.25) is 4.68 Å². The second-order valence-corrected chi connectivity index (χ2v) is 5.10. The Bertz CT molecular complexity index is 705. The largest absolute Gasteiger partial charge is 0.269 e. The summed E-state index contributed by atoms with van der Waals surface area (Å²) < 4.78 is 3.91. The number of hydrogen-bond donors (Lipinski definition) is 0. The van der Waals surface area contributed by atoms with Gasteiger partial charge in [0.2, 0.25) is 0 Å². The van der Waals surface area contributed by atoms with Gasteiger partial charge in [0.05, 0.1) is 12.2 Å². The quantitative estimate of drug-likeness (QED) is 0.705. The molecule has 0 bridgehead atoms. The lowest BCUT2D eigenvalue weighted by Gasteiger charge is -2.08. The van der Waals surface area contributed by atoms with E-state index in [0.29, 0.717) is 6.04 Å². The minimum Gasteiger partial charge on any atom is -0.269 e. The fourth-order valence-electron chi connectivity index (χ4n) is 2.92. The average molecular weight is 253 g/mol. The molecule has 0 radical (unpaired) electrons. The molecule has 0 unspecified atom stereocenters. The minimum absolute atomic E-state index is 0.575. The monoisotopic (exact) mass is 253 g/mol. The highest BCUT2D eigenvalue weighted by atomic mass is 15.3. The molecule has 19 heavy (non-hydrogen) atoms. The van der Waals surface area contributed by atoms with Gasteiger partial charge < -0.3 is 0 Å². The Morgan fingerprint density at radius 3 is 2.95 bits per heavy atom. The maximum atomic E-state index is 4.52. The molecule has 1 fully saturated rings. The third kappa shape index (κ3) is 1.73. The van der Waals surface area contributed by atoms with Gasteiger partial charge in [-0.15, -0.1) is 0 Å². The first-order valence-corrected chi connectivity index (χ1v) is 6.75. The number of nitrogens with zero attached hydrogens (tertiary/aromatic N) is 5. The van der Waals surface area contributed by atoms with Crippen molar-refractivity contribution < 1.29 is 0 Å². The van der Waals surface area contributed by atoms with Crippen molar-refractivity contribution in [3.05, 3.63) is 37.1 Å². The van der Waals surface area contributed by atoms with Gasteiger partial charge in [0.15, 0.2) is 5.65 Å². The van der Waals surface area contributed by atoms with Crippen molar-refractivity contribution in [2.24, 2.45) is 0 Å². The molecule has 1 saturated carbocycles. The predicted octanol–water partition coefficient (Wildman–Crippen LogP) is 2.71. The van der Waals surface area contributed by atoms with Gasteiger partial charge in [-0.25, -0.2) is 9.50 Å². The van der Waals surface area contributed by atoms with Crippen LogP contribution in [0.15, 0.2) is 37.1 Å². The molecule has 96 valence electrons. The molecule has 3 heterocycles. The Hall–Kier alpha value is -2.17. The first-order chi connectivity index (χ1) is 9.42. The summed E-state index contributed by atoms with van der Waals surface area (Å²) in [5.41, 5.74) is 3.09. The predicted molar refractivity (Wildman–Crippen MR) is 71.7 cm³/mol. The van der Waals surface area contributed by atoms with Crippen molar-refractivity contribution in [2.45, 2.75) is 31.7 Å². The molecular weight excluding hydrogens is 238 g/mol. The summed E-state index contributed by atoms with van der Waals surface area (Å²) in [6, 6.07) is 4.63. The molecule has 0 N–H and O–H groups in total. The van der Waals surface area contributed by atoms with Crippen LogP contribution in [-0.4, -0.2) is 24.4 Å². The first-order valence-electron chi connectivity index (χ1n) is 6.75. The smallest absolute Gasteiger partial charge is 0.163 e. The van der Waals surface area contributed by atoms with Gasteiger partial charge in [0.1, 0.15) is 6.33 Å². The SMILES string of the molecule is c1cc(-c2cnn(C3CCCC3)c2)c2ncnn2c1. The van der Waals surface area contributed by atoms with E-state index in [9.17, 15) is 0 Å². The normalized spacial score (nSPS) is 16.4. The van der Waals surface area contributed by atoms with Crippen molar-refractivity contribution in [1.82, 2.24) is 24.4 Å². The van der Waals surface area contributed by atoms with Crippen LogP contribution in [-0.2, 0) is 0 Å². The lowest BCUT2D eigenvalue weighted by Crippen LogP contribution is -2.04. The van der Waals surface area contributed by atoms with E-state index in [1.807, 2.05) is 18.5 Å². The second-order valence-electron chi connectivity index (χ2n) is 5.10. The van der Waals surface area contributed by atoms with Gasteiger partial charge in [-0.05, 0) is 25.0 Å². The zero-order chi connectivity index (χ0) is 12.7. The van der Waals surface area contributed by atoms with E-state index in [1.54, 1.807) is 10.8 Å². The first kappa shape index (κ1) is 10.7. The maximum absolute atomic E-state index is 4.52. The van der Waals surface area contributed by atoms with E-state index < -0.39 is 0 Å². The van der Waals surface area contributed by atoms with Gasteiger partial charge in [0.25, 0.3) is 0 Å². The van der Waals surface area contributed by atoms with E-state index in [1.165, 1.54) is 25.7 Å². The minimum atomic E-state index is 0.575. The Labute approximate surface area is 110 Å². The molecule has 0 atom stereocenters. The molecule has 1 aliphatic carbocycles. The summed E-state index contributed by atoms with van der Waals surface area (Å²) in [7, 11) is 0. The molecule has 0 amide bonds. The van der Waals surface area contributed by atoms with Crippen molar-refractivity contribution in [1.29, 1.82) is 0 Å². The Balaban J connectivity index is 1.77. The number of rotatable bonds is 2. The van der Waals surface area contributed by atoms with E-state index in [4.69, 9.17) is 0 Å². The number of pyridine rings is 1. The summed E-state index contributed by atoms with van der Waals surface area (Å²) in [6.45, 7) is 0. The summed E-state index contributed by atoms with van der Waals surface area (Å²) >= 11 is 0. The van der Waals surface area contributed by atoms with Crippen LogP contribution in [0.2, 0.25) is 0 Å². The summed E-state index contributed by atoms with van der Waals surface area (Å²) in [5.74, 6) is 0. The average Bonchev–Trinajstić information content (AvgIpc) is 3.18. The topological polar surface area (TPSA) is 48.0 Å². The molecule has 0 aromatic carbocycles. The fourth-order valence-corrected chi connectivity index (χ4v) is 2.92. The third-order valence-corrected chi connectivity index (χ3v) is 3.92. The van der Waals surface area contributed by atoms with Crippen LogP contribution in [0.5, 0.6) is 0 Å². The Morgan fingerprint density at radius 2 is 2.05 bits per heavy atom. The van der Waals surface area contributed by atoms with Crippen LogP contribution in [0.3, 0.4) is 0 Å². The number of aromatic nitrogens is 5. The van der Waals surface area contributed by atoms with Crippen LogP contribution >= 0.6 is 0 Å². The molecule has 1 aliphatic rings. The Morgan fingerprint density at radius 1 is 1.16 bits per heavy atom. The maximum Gasteiger partial charge on any atom is 0.163 e. The third-order valence-electron chi connectivity index (χ3n) is 3.92. The second kappa shape index (κ2) is 4.19. The van der Waals surface area contributed by atoms with Gasteiger partial charge in [-0.1, -0.05) is 12.8 Å². The molecule has 0 aliphatic heterocycles. The number of fused-ring (bicyclic) bond motifs is 1.